The monoisotopic (exact) mass is 347 g/mol. The molecule has 0 radical (unpaired) electrons. The van der Waals surface area contributed by atoms with E-state index in [9.17, 15) is 8.42 Å². The minimum absolute atomic E-state index is 0.0762. The number of fused-ring (bicyclic) bond motifs is 2. The highest BCUT2D eigenvalue weighted by atomic mass is 32.2. The Morgan fingerprint density at radius 1 is 1.21 bits per heavy atom. The van der Waals surface area contributed by atoms with Crippen molar-refractivity contribution in [2.24, 2.45) is 11.8 Å². The Morgan fingerprint density at radius 2 is 2.00 bits per heavy atom. The molecule has 6 heteroatoms. The van der Waals surface area contributed by atoms with Crippen LogP contribution in [0.1, 0.15) is 6.42 Å². The molecule has 2 aromatic rings. The van der Waals surface area contributed by atoms with E-state index in [4.69, 9.17) is 9.47 Å². The number of sulfonamides is 1. The minimum Gasteiger partial charge on any atom is -0.384 e. The van der Waals surface area contributed by atoms with Crippen molar-refractivity contribution in [1.29, 1.82) is 0 Å². The van der Waals surface area contributed by atoms with Gasteiger partial charge in [0, 0.05) is 37.0 Å². The van der Waals surface area contributed by atoms with Gasteiger partial charge >= 0.3 is 0 Å². The maximum atomic E-state index is 13.0. The van der Waals surface area contributed by atoms with Gasteiger partial charge in [-0.1, -0.05) is 36.4 Å². The van der Waals surface area contributed by atoms with Crippen molar-refractivity contribution in [2.75, 3.05) is 20.3 Å². The highest BCUT2D eigenvalue weighted by Crippen LogP contribution is 2.44. The second-order valence-corrected chi connectivity index (χ2v) is 8.21. The zero-order chi connectivity index (χ0) is 16.7. The van der Waals surface area contributed by atoms with Gasteiger partial charge in [-0.15, -0.1) is 0 Å². The van der Waals surface area contributed by atoms with E-state index >= 15 is 0 Å². The third-order valence-corrected chi connectivity index (χ3v) is 6.73. The molecular formula is C18H21NO4S. The predicted molar refractivity (Wildman–Crippen MR) is 91.3 cm³/mol. The predicted octanol–water partition coefficient (Wildman–Crippen LogP) is 2.17. The fraction of sp³-hybridized carbons (Fsp3) is 0.444. The van der Waals surface area contributed by atoms with Gasteiger partial charge in [-0.2, -0.15) is 0 Å². The Bertz CT molecular complexity index is 846. The first-order chi connectivity index (χ1) is 11.6. The lowest BCUT2D eigenvalue weighted by Gasteiger charge is -2.47. The van der Waals surface area contributed by atoms with E-state index < -0.39 is 10.0 Å². The third kappa shape index (κ3) is 2.54. The molecule has 5 nitrogen and oxygen atoms in total. The van der Waals surface area contributed by atoms with Crippen LogP contribution in [0, 0.1) is 11.8 Å². The quantitative estimate of drug-likeness (QED) is 0.900. The second kappa shape index (κ2) is 6.11. The molecule has 0 unspecified atom stereocenters. The number of hydrogen-bond donors (Lipinski definition) is 1. The zero-order valence-corrected chi connectivity index (χ0v) is 14.3. The summed E-state index contributed by atoms with van der Waals surface area (Å²) in [5.41, 5.74) is 0. The van der Waals surface area contributed by atoms with Crippen LogP contribution < -0.4 is 4.72 Å². The molecule has 4 rings (SSSR count). The average Bonchev–Trinajstić information content (AvgIpc) is 3.02. The topological polar surface area (TPSA) is 64.6 Å². The van der Waals surface area contributed by atoms with Crippen molar-refractivity contribution in [3.05, 3.63) is 42.5 Å². The largest absolute Gasteiger partial charge is 0.384 e. The highest BCUT2D eigenvalue weighted by molar-refractivity contribution is 7.89. The summed E-state index contributed by atoms with van der Waals surface area (Å²) in [5, 5.41) is 1.67. The summed E-state index contributed by atoms with van der Waals surface area (Å²) >= 11 is 0. The van der Waals surface area contributed by atoms with Crippen LogP contribution in [-0.4, -0.2) is 40.9 Å². The van der Waals surface area contributed by atoms with Gasteiger partial charge in [-0.05, 0) is 17.9 Å². The van der Waals surface area contributed by atoms with Gasteiger partial charge in [0.25, 0.3) is 0 Å². The first-order valence-corrected chi connectivity index (χ1v) is 9.71. The summed E-state index contributed by atoms with van der Waals surface area (Å²) in [4.78, 5) is 0.333. The van der Waals surface area contributed by atoms with Gasteiger partial charge in [0.15, 0.2) is 0 Å². The van der Waals surface area contributed by atoms with Crippen LogP contribution in [0.4, 0.5) is 0 Å². The molecule has 2 aromatic carbocycles. The lowest BCUT2D eigenvalue weighted by atomic mass is 9.68. The van der Waals surface area contributed by atoms with E-state index in [1.165, 1.54) is 0 Å². The number of rotatable bonds is 5. The highest BCUT2D eigenvalue weighted by Gasteiger charge is 2.55. The van der Waals surface area contributed by atoms with Gasteiger partial charge in [0.05, 0.1) is 17.6 Å². The molecule has 1 saturated heterocycles. The number of nitrogens with one attached hydrogen (secondary N) is 1. The molecule has 1 saturated carbocycles. The van der Waals surface area contributed by atoms with Gasteiger partial charge in [0.1, 0.15) is 0 Å². The molecule has 1 aliphatic carbocycles. The summed E-state index contributed by atoms with van der Waals surface area (Å²) in [6, 6.07) is 12.8. The summed E-state index contributed by atoms with van der Waals surface area (Å²) in [6.45, 7) is 1.20. The molecule has 0 bridgehead atoms. The molecule has 2 aliphatic rings. The molecule has 0 spiro atoms. The number of hydrogen-bond acceptors (Lipinski definition) is 4. The molecule has 0 amide bonds. The molecule has 0 aromatic heterocycles. The Morgan fingerprint density at radius 3 is 2.83 bits per heavy atom. The van der Waals surface area contributed by atoms with E-state index in [2.05, 4.69) is 4.72 Å². The van der Waals surface area contributed by atoms with Crippen molar-refractivity contribution >= 4 is 20.8 Å². The van der Waals surface area contributed by atoms with E-state index in [1.807, 2.05) is 30.3 Å². The Balaban J connectivity index is 1.65. The van der Waals surface area contributed by atoms with Crippen LogP contribution in [0.25, 0.3) is 10.8 Å². The van der Waals surface area contributed by atoms with Crippen molar-refractivity contribution in [3.8, 4) is 0 Å². The van der Waals surface area contributed by atoms with Crippen LogP contribution >= 0.6 is 0 Å². The van der Waals surface area contributed by atoms with Crippen LogP contribution in [0.15, 0.2) is 47.4 Å². The summed E-state index contributed by atoms with van der Waals surface area (Å²) in [6.07, 6.45) is 1.01. The molecule has 1 N–H and O–H groups in total. The minimum atomic E-state index is -3.60. The number of ether oxygens (including phenoxy) is 2. The molecule has 128 valence electrons. The zero-order valence-electron chi connectivity index (χ0n) is 13.5. The molecule has 1 heterocycles. The van der Waals surface area contributed by atoms with Crippen molar-refractivity contribution in [1.82, 2.24) is 4.72 Å². The van der Waals surface area contributed by atoms with E-state index in [0.717, 1.165) is 17.2 Å². The molecular weight excluding hydrogens is 326 g/mol. The van der Waals surface area contributed by atoms with E-state index in [-0.39, 0.29) is 24.0 Å². The summed E-state index contributed by atoms with van der Waals surface area (Å²) in [7, 11) is -1.96. The molecule has 2 fully saturated rings. The maximum absolute atomic E-state index is 13.0. The lowest BCUT2D eigenvalue weighted by Crippen LogP contribution is -2.62. The van der Waals surface area contributed by atoms with E-state index in [1.54, 1.807) is 19.2 Å². The SMILES string of the molecule is COC[C@@H]1[C@H](NS(=O)(=O)c2cccc3ccccc23)[C@@H]2CCO[C@H]12. The van der Waals surface area contributed by atoms with Crippen LogP contribution in [0.2, 0.25) is 0 Å². The second-order valence-electron chi connectivity index (χ2n) is 6.53. The van der Waals surface area contributed by atoms with Gasteiger partial charge in [0.2, 0.25) is 10.0 Å². The Labute approximate surface area is 142 Å². The summed E-state index contributed by atoms with van der Waals surface area (Å²) < 4.78 is 39.9. The molecule has 24 heavy (non-hydrogen) atoms. The fourth-order valence-corrected chi connectivity index (χ4v) is 5.64. The Kier molecular flexibility index (Phi) is 4.08. The van der Waals surface area contributed by atoms with Gasteiger partial charge in [-0.25, -0.2) is 13.1 Å². The molecule has 1 aliphatic heterocycles. The van der Waals surface area contributed by atoms with Crippen LogP contribution in [0.5, 0.6) is 0 Å². The smallest absolute Gasteiger partial charge is 0.241 e. The van der Waals surface area contributed by atoms with Crippen molar-refractivity contribution < 1.29 is 17.9 Å². The first-order valence-electron chi connectivity index (χ1n) is 8.22. The van der Waals surface area contributed by atoms with Crippen LogP contribution in [-0.2, 0) is 19.5 Å². The summed E-state index contributed by atoms with van der Waals surface area (Å²) in [5.74, 6) is 0.321. The van der Waals surface area contributed by atoms with Gasteiger partial charge < -0.3 is 9.47 Å². The van der Waals surface area contributed by atoms with E-state index in [0.29, 0.717) is 18.1 Å². The average molecular weight is 347 g/mol. The molecule has 4 atom stereocenters. The normalized spacial score (nSPS) is 29.4. The van der Waals surface area contributed by atoms with Gasteiger partial charge in [-0.3, -0.25) is 0 Å². The number of benzene rings is 2. The van der Waals surface area contributed by atoms with Crippen molar-refractivity contribution in [2.45, 2.75) is 23.5 Å². The number of methoxy groups -OCH3 is 1. The fourth-order valence-electron chi connectivity index (χ4n) is 4.07. The third-order valence-electron chi connectivity index (χ3n) is 5.22. The Hall–Kier alpha value is -1.47. The van der Waals surface area contributed by atoms with Crippen LogP contribution in [0.3, 0.4) is 0 Å². The first kappa shape index (κ1) is 16.0. The van der Waals surface area contributed by atoms with Crippen molar-refractivity contribution in [3.63, 3.8) is 0 Å². The maximum Gasteiger partial charge on any atom is 0.241 e. The standard InChI is InChI=1S/C18H21NO4S/c1-22-11-15-17(14-9-10-23-18(14)15)19-24(20,21)16-8-4-6-12-5-2-3-7-13(12)16/h2-8,14-15,17-19H,9-11H2,1H3/t14-,15+,17+,18-/m0/s1. The lowest BCUT2D eigenvalue weighted by molar-refractivity contribution is -0.0775.